The van der Waals surface area contributed by atoms with Crippen LogP contribution >= 0.6 is 0 Å². The zero-order valence-electron chi connectivity index (χ0n) is 11.2. The molecule has 0 aliphatic carbocycles. The van der Waals surface area contributed by atoms with Gasteiger partial charge in [-0.1, -0.05) is 41.5 Å². The normalized spacial score (nSPS) is 13.6. The molecule has 17 heavy (non-hydrogen) atoms. The van der Waals surface area contributed by atoms with Gasteiger partial charge >= 0.3 is 5.97 Å². The predicted octanol–water partition coefficient (Wildman–Crippen LogP) is 3.96. The van der Waals surface area contributed by atoms with Gasteiger partial charge in [0.1, 0.15) is 0 Å². The molecule has 0 atom stereocenters. The van der Waals surface area contributed by atoms with E-state index in [2.05, 4.69) is 42.9 Å². The fourth-order valence-corrected chi connectivity index (χ4v) is 1.11. The maximum absolute atomic E-state index is 10.8. The van der Waals surface area contributed by atoms with Crippen LogP contribution in [-0.4, -0.2) is 13.1 Å². The van der Waals surface area contributed by atoms with Gasteiger partial charge in [-0.25, -0.2) is 4.79 Å². The first-order valence-electron chi connectivity index (χ1n) is 5.79. The Kier molecular flexibility index (Phi) is 8.75. The predicted molar refractivity (Wildman–Crippen MR) is 72.7 cm³/mol. The monoisotopic (exact) mass is 234 g/mol. The molecular formula is C15H22O2. The summed E-state index contributed by atoms with van der Waals surface area (Å²) in [5.41, 5.74) is 2.56. The molecule has 0 rings (SSSR count). The summed E-state index contributed by atoms with van der Waals surface area (Å²) in [6.45, 7) is 6.19. The van der Waals surface area contributed by atoms with E-state index in [-0.39, 0.29) is 5.97 Å². The highest BCUT2D eigenvalue weighted by molar-refractivity contribution is 5.81. The Balaban J connectivity index is 3.99. The van der Waals surface area contributed by atoms with Crippen molar-refractivity contribution >= 4 is 5.97 Å². The third kappa shape index (κ3) is 9.36. The average Bonchev–Trinajstić information content (AvgIpc) is 2.33. The first-order valence-corrected chi connectivity index (χ1v) is 5.79. The lowest BCUT2D eigenvalue weighted by molar-refractivity contribution is -0.134. The van der Waals surface area contributed by atoms with Gasteiger partial charge in [-0.05, 0) is 33.6 Å². The second kappa shape index (κ2) is 9.64. The number of ether oxygens (including phenoxy) is 1. The van der Waals surface area contributed by atoms with Gasteiger partial charge < -0.3 is 4.74 Å². The lowest BCUT2D eigenvalue weighted by Crippen LogP contribution is -1.92. The molecule has 0 amide bonds. The quantitative estimate of drug-likeness (QED) is 0.301. The Morgan fingerprint density at radius 1 is 1.18 bits per heavy atom. The van der Waals surface area contributed by atoms with E-state index in [1.807, 2.05) is 6.92 Å². The minimum absolute atomic E-state index is 0.306. The molecule has 0 saturated heterocycles. The van der Waals surface area contributed by atoms with Crippen molar-refractivity contribution in [3.8, 4) is 0 Å². The molecule has 0 aromatic rings. The van der Waals surface area contributed by atoms with Crippen molar-refractivity contribution in [2.45, 2.75) is 33.6 Å². The molecule has 0 bridgehead atoms. The Bertz CT molecular complexity index is 344. The lowest BCUT2D eigenvalue weighted by Gasteiger charge is -1.95. The Morgan fingerprint density at radius 3 is 2.47 bits per heavy atom. The largest absolute Gasteiger partial charge is 0.466 e. The van der Waals surface area contributed by atoms with Crippen LogP contribution in [0.2, 0.25) is 0 Å². The lowest BCUT2D eigenvalue weighted by atomic mass is 10.1. The molecule has 2 heteroatoms. The van der Waals surface area contributed by atoms with Crippen LogP contribution < -0.4 is 0 Å². The second-order valence-electron chi connectivity index (χ2n) is 3.85. The number of hydrogen-bond acceptors (Lipinski definition) is 2. The summed E-state index contributed by atoms with van der Waals surface area (Å²) in [5, 5.41) is 0. The number of carbonyl (C=O) groups excluding carboxylic acids is 1. The Hall–Kier alpha value is -1.57. The molecular weight excluding hydrogens is 212 g/mol. The fraction of sp³-hybridized carbons (Fsp3) is 0.400. The zero-order chi connectivity index (χ0) is 13.1. The summed E-state index contributed by atoms with van der Waals surface area (Å²) >= 11 is 0. The topological polar surface area (TPSA) is 26.3 Å². The average molecular weight is 234 g/mol. The molecule has 0 spiro atoms. The summed E-state index contributed by atoms with van der Waals surface area (Å²) in [6.07, 6.45) is 13.4. The standard InChI is InChI=1S/C15H22O2/c1-5-13(2)10-8-11-14(3)9-6-7-12-15(16)17-4/h5,7-10,12H,6,11H2,1-4H3/b10-8+,12-7+,13-5+,14-9-. The van der Waals surface area contributed by atoms with E-state index in [1.165, 1.54) is 24.3 Å². The van der Waals surface area contributed by atoms with Crippen molar-refractivity contribution < 1.29 is 9.53 Å². The van der Waals surface area contributed by atoms with E-state index in [4.69, 9.17) is 0 Å². The van der Waals surface area contributed by atoms with Gasteiger partial charge in [0.05, 0.1) is 7.11 Å². The van der Waals surface area contributed by atoms with E-state index in [9.17, 15) is 4.79 Å². The van der Waals surface area contributed by atoms with Crippen molar-refractivity contribution in [2.24, 2.45) is 0 Å². The minimum Gasteiger partial charge on any atom is -0.466 e. The molecule has 0 aliphatic heterocycles. The molecule has 0 aromatic carbocycles. The first-order chi connectivity index (χ1) is 8.10. The van der Waals surface area contributed by atoms with Crippen LogP contribution in [0.3, 0.4) is 0 Å². The van der Waals surface area contributed by atoms with Gasteiger partial charge in [0.2, 0.25) is 0 Å². The molecule has 0 saturated carbocycles. The minimum atomic E-state index is -0.306. The van der Waals surface area contributed by atoms with Crippen LogP contribution in [0.5, 0.6) is 0 Å². The van der Waals surface area contributed by atoms with E-state index < -0.39 is 0 Å². The Morgan fingerprint density at radius 2 is 1.88 bits per heavy atom. The molecule has 0 fully saturated rings. The smallest absolute Gasteiger partial charge is 0.330 e. The molecule has 0 aliphatic rings. The number of methoxy groups -OCH3 is 1. The summed E-state index contributed by atoms with van der Waals surface area (Å²) in [4.78, 5) is 10.8. The number of hydrogen-bond donors (Lipinski definition) is 0. The molecule has 0 unspecified atom stereocenters. The molecule has 0 heterocycles. The van der Waals surface area contributed by atoms with Crippen molar-refractivity contribution in [1.82, 2.24) is 0 Å². The molecule has 0 aromatic heterocycles. The molecule has 2 nitrogen and oxygen atoms in total. The van der Waals surface area contributed by atoms with E-state index in [1.54, 1.807) is 6.08 Å². The van der Waals surface area contributed by atoms with Gasteiger partial charge in [0, 0.05) is 6.08 Å². The fourth-order valence-electron chi connectivity index (χ4n) is 1.11. The summed E-state index contributed by atoms with van der Waals surface area (Å²) in [5.74, 6) is -0.306. The third-order valence-corrected chi connectivity index (χ3v) is 2.33. The van der Waals surface area contributed by atoms with Gasteiger partial charge in [0.15, 0.2) is 0 Å². The Labute approximate surface area is 104 Å². The van der Waals surface area contributed by atoms with E-state index in [0.29, 0.717) is 0 Å². The highest BCUT2D eigenvalue weighted by Crippen LogP contribution is 2.05. The van der Waals surface area contributed by atoms with Crippen LogP contribution in [-0.2, 0) is 9.53 Å². The SMILES string of the molecule is C/C=C(C)/C=C/C/C(C)=C\C/C=C/C(=O)OC. The van der Waals surface area contributed by atoms with Crippen LogP contribution in [0.15, 0.2) is 47.6 Å². The number of rotatable bonds is 6. The summed E-state index contributed by atoms with van der Waals surface area (Å²) in [6, 6.07) is 0. The van der Waals surface area contributed by atoms with E-state index >= 15 is 0 Å². The highest BCUT2D eigenvalue weighted by atomic mass is 16.5. The maximum atomic E-state index is 10.8. The summed E-state index contributed by atoms with van der Waals surface area (Å²) < 4.78 is 4.50. The number of esters is 1. The summed E-state index contributed by atoms with van der Waals surface area (Å²) in [7, 11) is 1.38. The first kappa shape index (κ1) is 15.4. The van der Waals surface area contributed by atoms with Crippen molar-refractivity contribution in [2.75, 3.05) is 7.11 Å². The molecule has 94 valence electrons. The van der Waals surface area contributed by atoms with Crippen LogP contribution in [0.25, 0.3) is 0 Å². The van der Waals surface area contributed by atoms with Crippen LogP contribution in [0, 0.1) is 0 Å². The van der Waals surface area contributed by atoms with E-state index in [0.717, 1.165) is 12.8 Å². The molecule has 0 radical (unpaired) electrons. The van der Waals surface area contributed by atoms with Crippen molar-refractivity contribution in [1.29, 1.82) is 0 Å². The maximum Gasteiger partial charge on any atom is 0.330 e. The van der Waals surface area contributed by atoms with Gasteiger partial charge in [-0.15, -0.1) is 0 Å². The van der Waals surface area contributed by atoms with Gasteiger partial charge in [-0.3, -0.25) is 0 Å². The second-order valence-corrected chi connectivity index (χ2v) is 3.85. The number of allylic oxidation sites excluding steroid dienone is 7. The third-order valence-electron chi connectivity index (χ3n) is 2.33. The molecule has 0 N–H and O–H groups in total. The van der Waals surface area contributed by atoms with Crippen LogP contribution in [0.1, 0.15) is 33.6 Å². The van der Waals surface area contributed by atoms with Gasteiger partial charge in [-0.2, -0.15) is 0 Å². The highest BCUT2D eigenvalue weighted by Gasteiger charge is 1.89. The zero-order valence-corrected chi connectivity index (χ0v) is 11.2. The van der Waals surface area contributed by atoms with Gasteiger partial charge in [0.25, 0.3) is 0 Å². The number of carbonyl (C=O) groups is 1. The van der Waals surface area contributed by atoms with Crippen LogP contribution in [0.4, 0.5) is 0 Å². The van der Waals surface area contributed by atoms with Crippen molar-refractivity contribution in [3.05, 3.63) is 47.6 Å². The van der Waals surface area contributed by atoms with Crippen molar-refractivity contribution in [3.63, 3.8) is 0 Å².